The van der Waals surface area contributed by atoms with Crippen LogP contribution in [0.15, 0.2) is 23.1 Å². The Hall–Kier alpha value is -1.68. The molecule has 0 aromatic heterocycles. The van der Waals surface area contributed by atoms with Crippen molar-refractivity contribution in [1.29, 1.82) is 0 Å². The van der Waals surface area contributed by atoms with Crippen LogP contribution in [0.3, 0.4) is 0 Å². The summed E-state index contributed by atoms with van der Waals surface area (Å²) in [6.07, 6.45) is -4.44. The Morgan fingerprint density at radius 2 is 1.81 bits per heavy atom. The third-order valence-electron chi connectivity index (χ3n) is 2.61. The maximum Gasteiger partial charge on any atom is 0.426 e. The molecule has 2 N–H and O–H groups in total. The van der Waals surface area contributed by atoms with Crippen molar-refractivity contribution in [2.24, 2.45) is 0 Å². The zero-order valence-corrected chi connectivity index (χ0v) is 11.6. The molecule has 0 spiro atoms. The first-order chi connectivity index (χ1) is 9.26. The molecule has 0 aliphatic heterocycles. The highest BCUT2D eigenvalue weighted by molar-refractivity contribution is 7.90. The van der Waals surface area contributed by atoms with E-state index in [4.69, 9.17) is 5.11 Å². The highest BCUT2D eigenvalue weighted by atomic mass is 32.2. The quantitative estimate of drug-likeness (QED) is 0.823. The van der Waals surface area contributed by atoms with Crippen LogP contribution in [0.4, 0.5) is 23.2 Å². The third kappa shape index (κ3) is 3.70. The zero-order chi connectivity index (χ0) is 16.6. The minimum atomic E-state index is -5.25. The molecule has 1 aromatic rings. The standard InChI is InChI=1S/C11H11F4NO4S/c1-10(18,11(13,14)15)9(17)16-8-4-3-6(5-7(8)12)21(2,19)20/h3-5,18H,1-2H3,(H,16,17). The van der Waals surface area contributed by atoms with Crippen molar-refractivity contribution < 1.29 is 35.9 Å². The number of halogens is 4. The van der Waals surface area contributed by atoms with Crippen LogP contribution in [-0.2, 0) is 14.6 Å². The molecular weight excluding hydrogens is 318 g/mol. The Kier molecular flexibility index (Phi) is 4.35. The molecule has 10 heteroatoms. The molecule has 0 saturated heterocycles. The molecule has 1 aromatic carbocycles. The summed E-state index contributed by atoms with van der Waals surface area (Å²) in [5, 5.41) is 10.7. The largest absolute Gasteiger partial charge is 0.426 e. The molecule has 0 aliphatic carbocycles. The maximum atomic E-state index is 13.6. The first-order valence-corrected chi connectivity index (χ1v) is 7.26. The van der Waals surface area contributed by atoms with Crippen molar-refractivity contribution in [1.82, 2.24) is 0 Å². The molecule has 5 nitrogen and oxygen atoms in total. The summed E-state index contributed by atoms with van der Waals surface area (Å²) in [7, 11) is -3.70. The molecule has 1 rings (SSSR count). The van der Waals surface area contributed by atoms with Gasteiger partial charge in [0.05, 0.1) is 10.6 Å². The predicted octanol–water partition coefficient (Wildman–Crippen LogP) is 1.48. The smallest absolute Gasteiger partial charge is 0.373 e. The summed E-state index contributed by atoms with van der Waals surface area (Å²) in [5.41, 5.74) is -4.40. The van der Waals surface area contributed by atoms with Crippen LogP contribution in [0.2, 0.25) is 0 Å². The fraction of sp³-hybridized carbons (Fsp3) is 0.364. The second-order valence-corrected chi connectivity index (χ2v) is 6.45. The van der Waals surface area contributed by atoms with Crippen molar-refractivity contribution >= 4 is 21.4 Å². The monoisotopic (exact) mass is 329 g/mol. The zero-order valence-electron chi connectivity index (χ0n) is 10.8. The summed E-state index contributed by atoms with van der Waals surface area (Å²) < 4.78 is 73.2. The summed E-state index contributed by atoms with van der Waals surface area (Å²) in [6, 6.07) is 2.25. The van der Waals surface area contributed by atoms with E-state index in [1.54, 1.807) is 5.32 Å². The number of sulfone groups is 1. The Morgan fingerprint density at radius 3 is 2.19 bits per heavy atom. The average molecular weight is 329 g/mol. The van der Waals surface area contributed by atoms with Crippen molar-refractivity contribution in [3.63, 3.8) is 0 Å². The lowest BCUT2D eigenvalue weighted by atomic mass is 10.1. The van der Waals surface area contributed by atoms with E-state index in [9.17, 15) is 30.8 Å². The van der Waals surface area contributed by atoms with Gasteiger partial charge in [-0.25, -0.2) is 12.8 Å². The van der Waals surface area contributed by atoms with Crippen LogP contribution < -0.4 is 5.32 Å². The highest BCUT2D eigenvalue weighted by Crippen LogP contribution is 2.31. The number of nitrogens with one attached hydrogen (secondary N) is 1. The summed E-state index contributed by atoms with van der Waals surface area (Å²) in [5.74, 6) is -3.13. The van der Waals surface area contributed by atoms with Gasteiger partial charge >= 0.3 is 6.18 Å². The van der Waals surface area contributed by atoms with Crippen LogP contribution in [0.1, 0.15) is 6.92 Å². The third-order valence-corrected chi connectivity index (χ3v) is 3.72. The number of benzene rings is 1. The summed E-state index contributed by atoms with van der Waals surface area (Å²) >= 11 is 0. The lowest BCUT2D eigenvalue weighted by Crippen LogP contribution is -2.52. The molecule has 0 heterocycles. The average Bonchev–Trinajstić information content (AvgIpc) is 2.28. The fourth-order valence-corrected chi connectivity index (χ4v) is 1.83. The number of anilines is 1. The lowest BCUT2D eigenvalue weighted by Gasteiger charge is -2.24. The van der Waals surface area contributed by atoms with Crippen LogP contribution in [0.25, 0.3) is 0 Å². The second kappa shape index (κ2) is 5.26. The number of hydrogen-bond donors (Lipinski definition) is 2. The van der Waals surface area contributed by atoms with E-state index in [0.29, 0.717) is 6.07 Å². The number of amides is 1. The minimum Gasteiger partial charge on any atom is -0.373 e. The first kappa shape index (κ1) is 17.4. The van der Waals surface area contributed by atoms with Crippen LogP contribution in [-0.4, -0.2) is 37.5 Å². The molecule has 0 radical (unpaired) electrons. The Balaban J connectivity index is 3.08. The number of alkyl halides is 3. The van der Waals surface area contributed by atoms with Gasteiger partial charge in [0.25, 0.3) is 5.91 Å². The Morgan fingerprint density at radius 1 is 1.29 bits per heavy atom. The van der Waals surface area contributed by atoms with E-state index in [1.165, 1.54) is 0 Å². The van der Waals surface area contributed by atoms with Crippen LogP contribution >= 0.6 is 0 Å². The van der Waals surface area contributed by atoms with Gasteiger partial charge in [-0.2, -0.15) is 13.2 Å². The van der Waals surface area contributed by atoms with E-state index in [0.717, 1.165) is 18.4 Å². The van der Waals surface area contributed by atoms with Crippen LogP contribution in [0, 0.1) is 5.82 Å². The van der Waals surface area contributed by atoms with Gasteiger partial charge in [0.15, 0.2) is 9.84 Å². The van der Waals surface area contributed by atoms with Crippen molar-refractivity contribution in [3.05, 3.63) is 24.0 Å². The minimum absolute atomic E-state index is 0.213. The maximum absolute atomic E-state index is 13.6. The Labute approximate surface area is 117 Å². The van der Waals surface area contributed by atoms with E-state index < -0.39 is 43.9 Å². The van der Waals surface area contributed by atoms with Gasteiger partial charge in [-0.1, -0.05) is 0 Å². The van der Waals surface area contributed by atoms with Gasteiger partial charge in [-0.05, 0) is 25.1 Å². The highest BCUT2D eigenvalue weighted by Gasteiger charge is 2.55. The molecule has 0 saturated carbocycles. The van der Waals surface area contributed by atoms with Crippen molar-refractivity contribution in [2.75, 3.05) is 11.6 Å². The van der Waals surface area contributed by atoms with Crippen molar-refractivity contribution in [3.8, 4) is 0 Å². The second-order valence-electron chi connectivity index (χ2n) is 4.44. The number of carbonyl (C=O) groups excluding carboxylic acids is 1. The number of hydrogen-bond acceptors (Lipinski definition) is 4. The van der Waals surface area contributed by atoms with Gasteiger partial charge in [-0.15, -0.1) is 0 Å². The van der Waals surface area contributed by atoms with Gasteiger partial charge in [-0.3, -0.25) is 4.79 Å². The summed E-state index contributed by atoms with van der Waals surface area (Å²) in [4.78, 5) is 10.9. The summed E-state index contributed by atoms with van der Waals surface area (Å²) in [6.45, 7) is 0.213. The molecule has 1 amide bonds. The van der Waals surface area contributed by atoms with Gasteiger partial charge in [0.1, 0.15) is 5.82 Å². The topological polar surface area (TPSA) is 83.5 Å². The van der Waals surface area contributed by atoms with Gasteiger partial charge in [0.2, 0.25) is 5.60 Å². The number of rotatable bonds is 3. The van der Waals surface area contributed by atoms with Crippen molar-refractivity contribution in [2.45, 2.75) is 23.6 Å². The number of carbonyl (C=O) groups is 1. The van der Waals surface area contributed by atoms with E-state index in [1.807, 2.05) is 0 Å². The predicted molar refractivity (Wildman–Crippen MR) is 64.8 cm³/mol. The number of aliphatic hydroxyl groups is 1. The SMILES string of the molecule is CC(O)(C(=O)Nc1ccc(S(C)(=O)=O)cc1F)C(F)(F)F. The van der Waals surface area contributed by atoms with Gasteiger partial charge in [0, 0.05) is 6.26 Å². The Bertz CT molecular complexity index is 667. The molecular formula is C11H11F4NO4S. The molecule has 0 fully saturated rings. The fourth-order valence-electron chi connectivity index (χ4n) is 1.20. The molecule has 0 bridgehead atoms. The molecule has 21 heavy (non-hydrogen) atoms. The molecule has 1 unspecified atom stereocenters. The molecule has 0 aliphatic rings. The normalized spacial score (nSPS) is 15.4. The lowest BCUT2D eigenvalue weighted by molar-refractivity contribution is -0.242. The van der Waals surface area contributed by atoms with E-state index in [2.05, 4.69) is 0 Å². The van der Waals surface area contributed by atoms with E-state index >= 15 is 0 Å². The molecule has 1 atom stereocenters. The van der Waals surface area contributed by atoms with E-state index in [-0.39, 0.29) is 6.92 Å². The van der Waals surface area contributed by atoms with Crippen LogP contribution in [0.5, 0.6) is 0 Å². The first-order valence-electron chi connectivity index (χ1n) is 5.37. The van der Waals surface area contributed by atoms with Gasteiger partial charge < -0.3 is 10.4 Å². The molecule has 118 valence electrons.